The van der Waals surface area contributed by atoms with Gasteiger partial charge < -0.3 is 9.47 Å². The van der Waals surface area contributed by atoms with Crippen molar-refractivity contribution in [2.45, 2.75) is 6.92 Å². The van der Waals surface area contributed by atoms with Gasteiger partial charge in [0.15, 0.2) is 11.5 Å². The van der Waals surface area contributed by atoms with Crippen LogP contribution in [0.15, 0.2) is 52.4 Å². The van der Waals surface area contributed by atoms with Crippen molar-refractivity contribution in [2.24, 2.45) is 5.10 Å². The lowest BCUT2D eigenvalue weighted by Gasteiger charge is -2.06. The molecule has 0 fully saturated rings. The lowest BCUT2D eigenvalue weighted by molar-refractivity contribution is 0.174. The highest BCUT2D eigenvalue weighted by Gasteiger charge is 2.15. The number of nitrogens with zero attached hydrogens (tertiary/aromatic N) is 3. The molecule has 0 aliphatic carbocycles. The summed E-state index contributed by atoms with van der Waals surface area (Å²) in [6.45, 7) is 2.13. The van der Waals surface area contributed by atoms with Crippen molar-refractivity contribution in [3.05, 3.63) is 69.5 Å². The van der Waals surface area contributed by atoms with Gasteiger partial charge in [-0.05, 0) is 24.6 Å². The predicted octanol–water partition coefficient (Wildman–Crippen LogP) is 2.79. The van der Waals surface area contributed by atoms with Gasteiger partial charge in [-0.25, -0.2) is 10.4 Å². The van der Waals surface area contributed by atoms with E-state index in [-0.39, 0.29) is 18.3 Å². The van der Waals surface area contributed by atoms with Crippen LogP contribution >= 0.6 is 0 Å². The average molecular weight is 373 g/mol. The van der Waals surface area contributed by atoms with Gasteiger partial charge in [-0.1, -0.05) is 30.3 Å². The maximum atomic E-state index is 12.2. The molecule has 8 heteroatoms. The average Bonchev–Trinajstić information content (AvgIpc) is 3.15. The Morgan fingerprint density at radius 1 is 1.25 bits per heavy atom. The third-order valence-electron chi connectivity index (χ3n) is 4.21. The zero-order chi connectivity index (χ0) is 19.5. The van der Waals surface area contributed by atoms with Crippen LogP contribution in [-0.2, 0) is 0 Å². The van der Waals surface area contributed by atoms with E-state index in [1.54, 1.807) is 18.3 Å². The fourth-order valence-electron chi connectivity index (χ4n) is 2.80. The van der Waals surface area contributed by atoms with Crippen molar-refractivity contribution in [3.63, 3.8) is 0 Å². The van der Waals surface area contributed by atoms with Gasteiger partial charge in [0.2, 0.25) is 12.7 Å². The molecule has 0 spiro atoms. The third kappa shape index (κ3) is 3.29. The number of benzene rings is 2. The highest BCUT2D eigenvalue weighted by molar-refractivity contribution is 5.83. The summed E-state index contributed by atoms with van der Waals surface area (Å²) < 4.78 is 10.7. The fraction of sp³-hybridized carbons (Fsp3) is 0.100. The lowest BCUT2D eigenvalue weighted by Crippen LogP contribution is -2.16. The number of hydrazone groups is 1. The molecule has 0 radical (unpaired) electrons. The van der Waals surface area contributed by atoms with Gasteiger partial charge in [0.05, 0.1) is 11.9 Å². The van der Waals surface area contributed by atoms with Crippen LogP contribution in [0.3, 0.4) is 0 Å². The predicted molar refractivity (Wildman–Crippen MR) is 104 cm³/mol. The molecule has 2 aromatic carbocycles. The minimum Gasteiger partial charge on any atom is -0.454 e. The number of aryl methyl sites for hydroxylation is 1. The van der Waals surface area contributed by atoms with Gasteiger partial charge >= 0.3 is 0 Å². The Balaban J connectivity index is 1.63. The molecule has 8 nitrogen and oxygen atoms in total. The van der Waals surface area contributed by atoms with E-state index < -0.39 is 5.56 Å². The Hall–Kier alpha value is -4.12. The van der Waals surface area contributed by atoms with Gasteiger partial charge in [-0.3, -0.25) is 9.78 Å². The Kier molecular flexibility index (Phi) is 4.48. The molecule has 1 aliphatic heterocycles. The minimum atomic E-state index is -0.534. The molecule has 138 valence electrons. The minimum absolute atomic E-state index is 0.0488. The number of ether oxygens (including phenoxy) is 2. The highest BCUT2D eigenvalue weighted by atomic mass is 16.7. The lowest BCUT2D eigenvalue weighted by atomic mass is 10.1. The van der Waals surface area contributed by atoms with E-state index in [2.05, 4.69) is 20.5 Å². The van der Waals surface area contributed by atoms with E-state index >= 15 is 0 Å². The first-order chi connectivity index (χ1) is 13.7. The summed E-state index contributed by atoms with van der Waals surface area (Å²) in [4.78, 5) is 19.1. The van der Waals surface area contributed by atoms with Crippen LogP contribution in [0.5, 0.6) is 11.5 Å². The zero-order valence-electron chi connectivity index (χ0n) is 14.9. The van der Waals surface area contributed by atoms with Crippen molar-refractivity contribution in [2.75, 3.05) is 12.2 Å². The van der Waals surface area contributed by atoms with Crippen molar-refractivity contribution < 1.29 is 9.47 Å². The van der Waals surface area contributed by atoms with Crippen molar-refractivity contribution in [1.82, 2.24) is 9.97 Å². The number of hydrogen-bond donors (Lipinski definition) is 2. The Labute approximate surface area is 160 Å². The van der Waals surface area contributed by atoms with Crippen molar-refractivity contribution in [3.8, 4) is 28.8 Å². The zero-order valence-corrected chi connectivity index (χ0v) is 14.9. The number of anilines is 1. The molecule has 3 aromatic rings. The van der Waals surface area contributed by atoms with E-state index in [9.17, 15) is 10.1 Å². The first-order valence-electron chi connectivity index (χ1n) is 8.45. The summed E-state index contributed by atoms with van der Waals surface area (Å²) in [5, 5.41) is 13.4. The molecule has 0 saturated heterocycles. The number of hydrogen-bond acceptors (Lipinski definition) is 7. The molecule has 1 aliphatic rings. The van der Waals surface area contributed by atoms with Gasteiger partial charge in [-0.2, -0.15) is 10.4 Å². The molecule has 0 amide bonds. The van der Waals surface area contributed by atoms with E-state index in [0.29, 0.717) is 22.8 Å². The van der Waals surface area contributed by atoms with Crippen LogP contribution in [0, 0.1) is 18.3 Å². The smallest absolute Gasteiger partial charge is 0.270 e. The van der Waals surface area contributed by atoms with Gasteiger partial charge in [0, 0.05) is 11.1 Å². The number of rotatable bonds is 4. The van der Waals surface area contributed by atoms with Crippen LogP contribution in [0.25, 0.3) is 11.3 Å². The van der Waals surface area contributed by atoms with Crippen LogP contribution in [0.1, 0.15) is 16.7 Å². The van der Waals surface area contributed by atoms with Gasteiger partial charge in [-0.15, -0.1) is 0 Å². The Morgan fingerprint density at radius 2 is 2.00 bits per heavy atom. The number of aromatic nitrogens is 2. The number of H-pyrrole nitrogens is 1. The SMILES string of the molecule is Cc1cc2c(cc1C=NNc1nc(-c3ccccc3)c(C#N)c(=O)[nH]1)OCO2. The standard InChI is InChI=1S/C20H15N5O3/c1-12-7-16-17(28-11-27-16)8-14(12)10-22-25-20-23-18(13-5-3-2-4-6-13)15(9-21)19(26)24-20/h2-8,10H,11H2,1H3,(H2,23,24,25,26). The molecule has 1 aromatic heterocycles. The van der Waals surface area contributed by atoms with Crippen LogP contribution in [-0.4, -0.2) is 23.0 Å². The maximum Gasteiger partial charge on any atom is 0.270 e. The van der Waals surface area contributed by atoms with Crippen LogP contribution in [0.2, 0.25) is 0 Å². The molecule has 0 bridgehead atoms. The first kappa shape index (κ1) is 17.3. The number of fused-ring (bicyclic) bond motifs is 1. The molecule has 28 heavy (non-hydrogen) atoms. The monoisotopic (exact) mass is 373 g/mol. The third-order valence-corrected chi connectivity index (χ3v) is 4.21. The second-order valence-electron chi connectivity index (χ2n) is 6.05. The summed E-state index contributed by atoms with van der Waals surface area (Å²) in [6.07, 6.45) is 1.59. The normalized spacial score (nSPS) is 12.1. The Bertz CT molecular complexity index is 1160. The van der Waals surface area contributed by atoms with Crippen LogP contribution < -0.4 is 20.5 Å². The van der Waals surface area contributed by atoms with Crippen molar-refractivity contribution >= 4 is 12.2 Å². The van der Waals surface area contributed by atoms with Gasteiger partial charge in [0.25, 0.3) is 5.56 Å². The van der Waals surface area contributed by atoms with E-state index in [0.717, 1.165) is 11.1 Å². The summed E-state index contributed by atoms with van der Waals surface area (Å²) in [5.74, 6) is 1.49. The molecular weight excluding hydrogens is 358 g/mol. The quantitative estimate of drug-likeness (QED) is 0.537. The molecule has 0 unspecified atom stereocenters. The van der Waals surface area contributed by atoms with Crippen LogP contribution in [0.4, 0.5) is 5.95 Å². The topological polar surface area (TPSA) is 112 Å². The summed E-state index contributed by atoms with van der Waals surface area (Å²) in [5.41, 5.74) is 4.88. The summed E-state index contributed by atoms with van der Waals surface area (Å²) in [6, 6.07) is 14.6. The second-order valence-corrected chi connectivity index (χ2v) is 6.05. The van der Waals surface area contributed by atoms with Crippen molar-refractivity contribution in [1.29, 1.82) is 5.26 Å². The van der Waals surface area contributed by atoms with Gasteiger partial charge in [0.1, 0.15) is 11.6 Å². The molecule has 2 N–H and O–H groups in total. The molecule has 0 saturated carbocycles. The number of nitrogens with one attached hydrogen (secondary N) is 2. The van der Waals surface area contributed by atoms with E-state index in [1.807, 2.05) is 43.3 Å². The van der Waals surface area contributed by atoms with E-state index in [4.69, 9.17) is 9.47 Å². The summed E-state index contributed by atoms with van der Waals surface area (Å²) in [7, 11) is 0. The summed E-state index contributed by atoms with van der Waals surface area (Å²) >= 11 is 0. The number of aromatic amines is 1. The molecule has 2 heterocycles. The first-order valence-corrected chi connectivity index (χ1v) is 8.45. The molecule has 0 atom stereocenters. The largest absolute Gasteiger partial charge is 0.454 e. The second kappa shape index (κ2) is 7.25. The maximum absolute atomic E-state index is 12.2. The van der Waals surface area contributed by atoms with E-state index in [1.165, 1.54) is 0 Å². The molecule has 4 rings (SSSR count). The highest BCUT2D eigenvalue weighted by Crippen LogP contribution is 2.34. The molecular formula is C20H15N5O3. The number of nitriles is 1. The fourth-order valence-corrected chi connectivity index (χ4v) is 2.80. The Morgan fingerprint density at radius 3 is 2.75 bits per heavy atom.